The molecule has 2 aromatic rings. The molecule has 1 aliphatic carbocycles. The molecule has 4 nitrogen and oxygen atoms in total. The molecule has 2 aromatic carbocycles. The molecule has 1 fully saturated rings. The van der Waals surface area contributed by atoms with E-state index in [1.54, 1.807) is 12.1 Å². The molecule has 0 bridgehead atoms. The van der Waals surface area contributed by atoms with Gasteiger partial charge in [-0.1, -0.05) is 47.5 Å². The van der Waals surface area contributed by atoms with Crippen LogP contribution < -0.4 is 0 Å². The zero-order chi connectivity index (χ0) is 19.2. The lowest BCUT2D eigenvalue weighted by atomic mass is 9.95. The van der Waals surface area contributed by atoms with Gasteiger partial charge in [0.1, 0.15) is 12.7 Å². The van der Waals surface area contributed by atoms with Gasteiger partial charge in [-0.2, -0.15) is 0 Å². The van der Waals surface area contributed by atoms with Crippen molar-refractivity contribution in [2.75, 3.05) is 6.61 Å². The van der Waals surface area contributed by atoms with E-state index >= 15 is 0 Å². The van der Waals surface area contributed by atoms with Crippen molar-refractivity contribution < 1.29 is 19.1 Å². The summed E-state index contributed by atoms with van der Waals surface area (Å²) in [6.07, 6.45) is 3.10. The maximum atomic E-state index is 12.2. The molecule has 0 spiro atoms. The molecule has 27 heavy (non-hydrogen) atoms. The minimum atomic E-state index is -0.270. The molecule has 1 aliphatic rings. The second-order valence-corrected chi connectivity index (χ2v) is 7.27. The maximum absolute atomic E-state index is 12.2. The van der Waals surface area contributed by atoms with Crippen LogP contribution in [-0.2, 0) is 9.47 Å². The van der Waals surface area contributed by atoms with Gasteiger partial charge in [0.2, 0.25) is 0 Å². The van der Waals surface area contributed by atoms with Gasteiger partial charge < -0.3 is 9.47 Å². The van der Waals surface area contributed by atoms with Crippen LogP contribution in [0.15, 0.2) is 48.5 Å². The Bertz CT molecular complexity index is 769. The van der Waals surface area contributed by atoms with Gasteiger partial charge in [-0.25, -0.2) is 4.79 Å². The molecule has 0 radical (unpaired) electrons. The van der Waals surface area contributed by atoms with Gasteiger partial charge in [-0.15, -0.1) is 0 Å². The highest BCUT2D eigenvalue weighted by Crippen LogP contribution is 2.24. The van der Waals surface area contributed by atoms with E-state index in [4.69, 9.17) is 9.47 Å². The van der Waals surface area contributed by atoms with Crippen molar-refractivity contribution >= 4 is 11.8 Å². The van der Waals surface area contributed by atoms with Gasteiger partial charge in [-0.05, 0) is 51.7 Å². The smallest absolute Gasteiger partial charge is 0.338 e. The zero-order valence-corrected chi connectivity index (χ0v) is 15.9. The molecule has 142 valence electrons. The van der Waals surface area contributed by atoms with E-state index in [1.165, 1.54) is 0 Å². The summed E-state index contributed by atoms with van der Waals surface area (Å²) in [7, 11) is 0. The van der Waals surface area contributed by atoms with E-state index in [9.17, 15) is 9.59 Å². The van der Waals surface area contributed by atoms with Crippen molar-refractivity contribution in [3.05, 3.63) is 70.8 Å². The van der Waals surface area contributed by atoms with Crippen molar-refractivity contribution in [3.63, 3.8) is 0 Å². The van der Waals surface area contributed by atoms with Gasteiger partial charge in [-0.3, -0.25) is 4.79 Å². The summed E-state index contributed by atoms with van der Waals surface area (Å²) >= 11 is 0. The van der Waals surface area contributed by atoms with Crippen molar-refractivity contribution in [2.24, 2.45) is 0 Å². The highest BCUT2D eigenvalue weighted by atomic mass is 16.5. The molecule has 0 atom stereocenters. The molecule has 1 saturated carbocycles. The van der Waals surface area contributed by atoms with Gasteiger partial charge in [0, 0.05) is 5.56 Å². The number of aryl methyl sites for hydroxylation is 2. The first kappa shape index (κ1) is 19.3. The fraction of sp³-hybridized carbons (Fsp3) is 0.391. The molecule has 3 rings (SSSR count). The molecular formula is C23H26O4. The molecule has 0 aliphatic heterocycles. The number of carbonyl (C=O) groups excluding carboxylic acids is 2. The fourth-order valence-corrected chi connectivity index (χ4v) is 3.24. The molecule has 0 saturated heterocycles. The summed E-state index contributed by atoms with van der Waals surface area (Å²) in [5.74, 6) is -0.267. The van der Waals surface area contributed by atoms with E-state index in [1.807, 2.05) is 50.2 Å². The lowest BCUT2D eigenvalue weighted by molar-refractivity contribution is -0.0156. The quantitative estimate of drug-likeness (QED) is 0.551. The van der Waals surface area contributed by atoms with E-state index in [0.717, 1.165) is 36.8 Å². The zero-order valence-electron chi connectivity index (χ0n) is 15.9. The Labute approximate surface area is 160 Å². The summed E-state index contributed by atoms with van der Waals surface area (Å²) in [5, 5.41) is 0. The van der Waals surface area contributed by atoms with Gasteiger partial charge >= 0.3 is 5.97 Å². The monoisotopic (exact) mass is 366 g/mol. The summed E-state index contributed by atoms with van der Waals surface area (Å²) in [6.45, 7) is 4.08. The predicted molar refractivity (Wildman–Crippen MR) is 104 cm³/mol. The first-order valence-corrected chi connectivity index (χ1v) is 9.50. The fourth-order valence-electron chi connectivity index (χ4n) is 3.24. The number of esters is 1. The second kappa shape index (κ2) is 8.96. The Hall–Kier alpha value is -2.46. The lowest BCUT2D eigenvalue weighted by Crippen LogP contribution is -2.29. The van der Waals surface area contributed by atoms with Crippen LogP contribution in [0.5, 0.6) is 0 Å². The number of hydrogen-bond acceptors (Lipinski definition) is 4. The van der Waals surface area contributed by atoms with Crippen LogP contribution in [0.2, 0.25) is 0 Å². The highest BCUT2D eigenvalue weighted by molar-refractivity contribution is 5.97. The van der Waals surface area contributed by atoms with E-state index in [-0.39, 0.29) is 30.6 Å². The van der Waals surface area contributed by atoms with Crippen LogP contribution in [0.1, 0.15) is 57.5 Å². The van der Waals surface area contributed by atoms with Gasteiger partial charge in [0.25, 0.3) is 0 Å². The number of Topliss-reactive ketones (excluding diaryl/α,β-unsaturated/α-hetero) is 1. The number of hydrogen-bond donors (Lipinski definition) is 0. The number of benzene rings is 2. The SMILES string of the molecule is Cc1ccc(C(=O)COC2CCC(OC(=O)c3ccc(C)cc3)CC2)cc1. The summed E-state index contributed by atoms with van der Waals surface area (Å²) in [5.41, 5.74) is 3.51. The average Bonchev–Trinajstić information content (AvgIpc) is 2.68. The first-order chi connectivity index (χ1) is 13.0. The third kappa shape index (κ3) is 5.51. The summed E-state index contributed by atoms with van der Waals surface area (Å²) in [4.78, 5) is 24.4. The van der Waals surface area contributed by atoms with Crippen LogP contribution in [0.25, 0.3) is 0 Å². The minimum Gasteiger partial charge on any atom is -0.459 e. The van der Waals surface area contributed by atoms with Crippen LogP contribution in [0, 0.1) is 13.8 Å². The Morgan fingerprint density at radius 1 is 0.778 bits per heavy atom. The lowest BCUT2D eigenvalue weighted by Gasteiger charge is -2.28. The van der Waals surface area contributed by atoms with E-state index in [0.29, 0.717) is 11.1 Å². The molecule has 0 N–H and O–H groups in total. The molecule has 0 unspecified atom stereocenters. The standard InChI is InChI=1S/C23H26O4/c1-16-3-7-18(8-4-16)22(24)15-26-20-11-13-21(14-12-20)27-23(25)19-9-5-17(2)6-10-19/h3-10,20-21H,11-15H2,1-2H3. The molecule has 0 amide bonds. The van der Waals surface area contributed by atoms with Crippen molar-refractivity contribution in [3.8, 4) is 0 Å². The minimum absolute atomic E-state index is 0.00271. The van der Waals surface area contributed by atoms with Crippen LogP contribution in [0.3, 0.4) is 0 Å². The number of ketones is 1. The predicted octanol–water partition coefficient (Wildman–Crippen LogP) is 4.67. The molecule has 0 aromatic heterocycles. The number of carbonyl (C=O) groups is 2. The van der Waals surface area contributed by atoms with Crippen LogP contribution in [-0.4, -0.2) is 30.6 Å². The number of ether oxygens (including phenoxy) is 2. The van der Waals surface area contributed by atoms with Crippen molar-refractivity contribution in [2.45, 2.75) is 51.7 Å². The normalized spacial score (nSPS) is 19.5. The topological polar surface area (TPSA) is 52.6 Å². The van der Waals surface area contributed by atoms with Crippen LogP contribution >= 0.6 is 0 Å². The Balaban J connectivity index is 1.41. The molecule has 0 heterocycles. The largest absolute Gasteiger partial charge is 0.459 e. The third-order valence-electron chi connectivity index (χ3n) is 5.01. The highest BCUT2D eigenvalue weighted by Gasteiger charge is 2.25. The van der Waals surface area contributed by atoms with Crippen LogP contribution in [0.4, 0.5) is 0 Å². The molecular weight excluding hydrogens is 340 g/mol. The van der Waals surface area contributed by atoms with E-state index < -0.39 is 0 Å². The average molecular weight is 366 g/mol. The maximum Gasteiger partial charge on any atom is 0.338 e. The van der Waals surface area contributed by atoms with Gasteiger partial charge in [0.15, 0.2) is 5.78 Å². The third-order valence-corrected chi connectivity index (χ3v) is 5.01. The Morgan fingerprint density at radius 3 is 1.81 bits per heavy atom. The Kier molecular flexibility index (Phi) is 6.40. The Morgan fingerprint density at radius 2 is 1.26 bits per heavy atom. The van der Waals surface area contributed by atoms with Crippen molar-refractivity contribution in [1.29, 1.82) is 0 Å². The first-order valence-electron chi connectivity index (χ1n) is 9.50. The van der Waals surface area contributed by atoms with E-state index in [2.05, 4.69) is 0 Å². The molecule has 4 heteroatoms. The summed E-state index contributed by atoms with van der Waals surface area (Å²) in [6, 6.07) is 14.9. The van der Waals surface area contributed by atoms with Gasteiger partial charge in [0.05, 0.1) is 11.7 Å². The summed E-state index contributed by atoms with van der Waals surface area (Å²) < 4.78 is 11.4. The second-order valence-electron chi connectivity index (χ2n) is 7.27. The number of rotatable bonds is 6. The van der Waals surface area contributed by atoms with Crippen molar-refractivity contribution in [1.82, 2.24) is 0 Å².